The van der Waals surface area contributed by atoms with E-state index in [-0.39, 0.29) is 35.6 Å². The van der Waals surface area contributed by atoms with Crippen molar-refractivity contribution in [2.75, 3.05) is 45.8 Å². The van der Waals surface area contributed by atoms with E-state index in [1.54, 1.807) is 30.3 Å². The molecule has 2 saturated heterocycles. The van der Waals surface area contributed by atoms with Crippen molar-refractivity contribution in [3.63, 3.8) is 0 Å². The Hall–Kier alpha value is -1.97. The van der Waals surface area contributed by atoms with Crippen molar-refractivity contribution in [2.45, 2.75) is 56.8 Å². The van der Waals surface area contributed by atoms with Crippen LogP contribution in [0.25, 0.3) is 0 Å². The molecule has 0 aromatic heterocycles. The van der Waals surface area contributed by atoms with Gasteiger partial charge in [0.2, 0.25) is 21.8 Å². The zero-order chi connectivity index (χ0) is 24.4. The van der Waals surface area contributed by atoms with E-state index in [2.05, 4.69) is 22.5 Å². The molecule has 0 spiro atoms. The predicted molar refractivity (Wildman–Crippen MR) is 133 cm³/mol. The molecule has 0 aliphatic carbocycles. The molecule has 0 bridgehead atoms. The molecule has 2 aliphatic rings. The molecule has 190 valence electrons. The molecule has 1 unspecified atom stereocenters. The Kier molecular flexibility index (Phi) is 10.3. The fourth-order valence-electron chi connectivity index (χ4n) is 4.66. The smallest absolute Gasteiger partial charge is 0.243 e. The molecule has 2 aliphatic heterocycles. The summed E-state index contributed by atoms with van der Waals surface area (Å²) in [6.07, 6.45) is 5.25. The third-order valence-corrected chi connectivity index (χ3v) is 8.85. The Morgan fingerprint density at radius 3 is 2.53 bits per heavy atom. The minimum Gasteiger partial charge on any atom is -0.356 e. The lowest BCUT2D eigenvalue weighted by molar-refractivity contribution is -0.126. The van der Waals surface area contributed by atoms with Crippen LogP contribution in [-0.4, -0.2) is 75.3 Å². The van der Waals surface area contributed by atoms with Crippen molar-refractivity contribution >= 4 is 21.8 Å². The highest BCUT2D eigenvalue weighted by molar-refractivity contribution is 7.89. The Morgan fingerprint density at radius 1 is 1.06 bits per heavy atom. The van der Waals surface area contributed by atoms with Crippen LogP contribution in [0.4, 0.5) is 0 Å². The van der Waals surface area contributed by atoms with Crippen LogP contribution in [-0.2, 0) is 19.6 Å². The van der Waals surface area contributed by atoms with Crippen molar-refractivity contribution < 1.29 is 18.0 Å². The van der Waals surface area contributed by atoms with E-state index in [4.69, 9.17) is 0 Å². The quantitative estimate of drug-likeness (QED) is 0.569. The van der Waals surface area contributed by atoms with Gasteiger partial charge in [0.1, 0.15) is 0 Å². The van der Waals surface area contributed by atoms with E-state index >= 15 is 0 Å². The Bertz CT molecular complexity index is 885. The van der Waals surface area contributed by atoms with Crippen molar-refractivity contribution in [3.8, 4) is 0 Å². The number of benzene rings is 1. The molecule has 2 amide bonds. The highest BCUT2D eigenvalue weighted by Gasteiger charge is 2.27. The summed E-state index contributed by atoms with van der Waals surface area (Å²) in [7, 11) is -3.69. The van der Waals surface area contributed by atoms with E-state index in [0.29, 0.717) is 38.9 Å². The molecule has 0 saturated carbocycles. The van der Waals surface area contributed by atoms with Crippen LogP contribution in [0.1, 0.15) is 51.9 Å². The summed E-state index contributed by atoms with van der Waals surface area (Å²) in [5.41, 5.74) is 0. The molecule has 0 radical (unpaired) electrons. The summed E-state index contributed by atoms with van der Waals surface area (Å²) in [6, 6.07) is 8.30. The molecule has 2 heterocycles. The maximum Gasteiger partial charge on any atom is 0.243 e. The summed E-state index contributed by atoms with van der Waals surface area (Å²) < 4.78 is 27.6. The fraction of sp³-hybridized carbons (Fsp3) is 0.680. The molecule has 34 heavy (non-hydrogen) atoms. The SMILES string of the molecule is CC1CCN(CCCNC(=O)C2CCCN(S(=O)(=O)c3ccccc3)CCC(=O)NCC2)CC1. The van der Waals surface area contributed by atoms with Gasteiger partial charge in [-0.05, 0) is 76.2 Å². The topological polar surface area (TPSA) is 98.8 Å². The van der Waals surface area contributed by atoms with Gasteiger partial charge < -0.3 is 15.5 Å². The average Bonchev–Trinajstić information content (AvgIpc) is 2.88. The second kappa shape index (κ2) is 13.2. The number of amides is 2. The molecular formula is C25H40N4O4S. The first-order valence-corrected chi connectivity index (χ1v) is 14.1. The first-order chi connectivity index (χ1) is 16.4. The second-order valence-electron chi connectivity index (χ2n) is 9.61. The molecule has 9 heteroatoms. The minimum atomic E-state index is -3.69. The Labute approximate surface area is 204 Å². The molecule has 2 fully saturated rings. The van der Waals surface area contributed by atoms with Crippen molar-refractivity contribution in [2.24, 2.45) is 11.8 Å². The van der Waals surface area contributed by atoms with Gasteiger partial charge >= 0.3 is 0 Å². The normalized spacial score (nSPS) is 22.5. The molecule has 3 rings (SSSR count). The van der Waals surface area contributed by atoms with Gasteiger partial charge in [0.05, 0.1) is 4.90 Å². The van der Waals surface area contributed by atoms with E-state index < -0.39 is 10.0 Å². The van der Waals surface area contributed by atoms with E-state index in [0.717, 1.165) is 32.0 Å². The molecule has 1 atom stereocenters. The van der Waals surface area contributed by atoms with Crippen LogP contribution in [0.2, 0.25) is 0 Å². The summed E-state index contributed by atoms with van der Waals surface area (Å²) in [5, 5.41) is 5.91. The van der Waals surface area contributed by atoms with Crippen LogP contribution >= 0.6 is 0 Å². The van der Waals surface area contributed by atoms with Crippen LogP contribution in [0, 0.1) is 11.8 Å². The van der Waals surface area contributed by atoms with Gasteiger partial charge in [-0.3, -0.25) is 9.59 Å². The monoisotopic (exact) mass is 492 g/mol. The molecule has 1 aromatic rings. The maximum atomic E-state index is 13.1. The fourth-order valence-corrected chi connectivity index (χ4v) is 6.16. The number of hydrogen-bond donors (Lipinski definition) is 2. The lowest BCUT2D eigenvalue weighted by Crippen LogP contribution is -2.37. The van der Waals surface area contributed by atoms with E-state index in [1.807, 2.05) is 0 Å². The lowest BCUT2D eigenvalue weighted by Gasteiger charge is -2.30. The standard InChI is InChI=1S/C25H40N4O4S/c1-21-11-18-28(19-12-21)16-6-14-27-25(31)22-7-5-17-29(20-13-24(30)26-15-10-22)34(32,33)23-8-3-2-4-9-23/h2-4,8-9,21-22H,5-7,10-20H2,1H3,(H,26,30)(H,27,31). The summed E-state index contributed by atoms with van der Waals surface area (Å²) in [6.45, 7) is 7.07. The van der Waals surface area contributed by atoms with Gasteiger partial charge in [0, 0.05) is 38.5 Å². The third-order valence-electron chi connectivity index (χ3n) is 6.94. The van der Waals surface area contributed by atoms with Gasteiger partial charge in [0.25, 0.3) is 0 Å². The Balaban J connectivity index is 1.51. The summed E-state index contributed by atoms with van der Waals surface area (Å²) >= 11 is 0. The van der Waals surface area contributed by atoms with Crippen LogP contribution in [0.3, 0.4) is 0 Å². The van der Waals surface area contributed by atoms with Gasteiger partial charge in [-0.1, -0.05) is 25.1 Å². The van der Waals surface area contributed by atoms with E-state index in [1.165, 1.54) is 17.1 Å². The number of hydrogen-bond acceptors (Lipinski definition) is 5. The largest absolute Gasteiger partial charge is 0.356 e. The van der Waals surface area contributed by atoms with Crippen molar-refractivity contribution in [1.82, 2.24) is 19.8 Å². The molecule has 1 aromatic carbocycles. The number of carbonyl (C=O) groups excluding carboxylic acids is 2. The number of nitrogens with zero attached hydrogens (tertiary/aromatic N) is 2. The number of rotatable bonds is 7. The second-order valence-corrected chi connectivity index (χ2v) is 11.6. The molecule has 2 N–H and O–H groups in total. The first-order valence-electron chi connectivity index (χ1n) is 12.7. The Morgan fingerprint density at radius 2 is 1.79 bits per heavy atom. The number of nitrogens with one attached hydrogen (secondary N) is 2. The maximum absolute atomic E-state index is 13.1. The minimum absolute atomic E-state index is 0.00164. The average molecular weight is 493 g/mol. The van der Waals surface area contributed by atoms with Gasteiger partial charge in [-0.25, -0.2) is 8.42 Å². The van der Waals surface area contributed by atoms with Gasteiger partial charge in [0.15, 0.2) is 0 Å². The lowest BCUT2D eigenvalue weighted by atomic mass is 9.98. The van der Waals surface area contributed by atoms with Gasteiger partial charge in [-0.2, -0.15) is 4.31 Å². The van der Waals surface area contributed by atoms with Crippen molar-refractivity contribution in [3.05, 3.63) is 30.3 Å². The van der Waals surface area contributed by atoms with Gasteiger partial charge in [-0.15, -0.1) is 0 Å². The zero-order valence-electron chi connectivity index (χ0n) is 20.4. The van der Waals surface area contributed by atoms with Crippen molar-refractivity contribution in [1.29, 1.82) is 0 Å². The molecular weight excluding hydrogens is 452 g/mol. The predicted octanol–water partition coefficient (Wildman–Crippen LogP) is 2.22. The van der Waals surface area contributed by atoms with Crippen LogP contribution in [0.5, 0.6) is 0 Å². The highest BCUT2D eigenvalue weighted by Crippen LogP contribution is 2.19. The third kappa shape index (κ3) is 8.06. The first kappa shape index (κ1) is 26.6. The number of carbonyl (C=O) groups is 2. The highest BCUT2D eigenvalue weighted by atomic mass is 32.2. The molecule has 8 nitrogen and oxygen atoms in total. The number of piperidine rings is 1. The number of likely N-dealkylation sites (tertiary alicyclic amines) is 1. The summed E-state index contributed by atoms with van der Waals surface area (Å²) in [4.78, 5) is 27.8. The summed E-state index contributed by atoms with van der Waals surface area (Å²) in [5.74, 6) is 0.380. The zero-order valence-corrected chi connectivity index (χ0v) is 21.2. The number of sulfonamides is 1. The van der Waals surface area contributed by atoms with Crippen LogP contribution in [0.15, 0.2) is 35.2 Å². The van der Waals surface area contributed by atoms with Crippen LogP contribution < -0.4 is 10.6 Å². The van der Waals surface area contributed by atoms with E-state index in [9.17, 15) is 18.0 Å².